The summed E-state index contributed by atoms with van der Waals surface area (Å²) in [6.45, 7) is 0.552. The van der Waals surface area contributed by atoms with Crippen LogP contribution in [-0.4, -0.2) is 4.98 Å². The van der Waals surface area contributed by atoms with Gasteiger partial charge in [-0.15, -0.1) is 0 Å². The number of hydrogen-bond donors (Lipinski definition) is 1. The van der Waals surface area contributed by atoms with E-state index in [0.29, 0.717) is 22.6 Å². The summed E-state index contributed by atoms with van der Waals surface area (Å²) in [5.74, 6) is 0. The highest BCUT2D eigenvalue weighted by atomic mass is 35.5. The van der Waals surface area contributed by atoms with Crippen LogP contribution in [0.5, 0.6) is 0 Å². The summed E-state index contributed by atoms with van der Waals surface area (Å²) in [4.78, 5) is 3.93. The van der Waals surface area contributed by atoms with Gasteiger partial charge < -0.3 is 9.73 Å². The third-order valence-electron chi connectivity index (χ3n) is 1.88. The minimum atomic E-state index is 0.473. The molecule has 0 saturated heterocycles. The summed E-state index contributed by atoms with van der Waals surface area (Å²) in [6, 6.07) is 5.83. The van der Waals surface area contributed by atoms with E-state index in [1.165, 1.54) is 6.26 Å². The van der Waals surface area contributed by atoms with Gasteiger partial charge in [0, 0.05) is 16.6 Å². The molecule has 5 heteroatoms. The number of nitrogens with one attached hydrogen (secondary N) is 1. The Hall–Kier alpha value is -1.19. The second kappa shape index (κ2) is 4.55. The Morgan fingerprint density at radius 2 is 2.20 bits per heavy atom. The van der Waals surface area contributed by atoms with Crippen molar-refractivity contribution >= 4 is 29.2 Å². The van der Waals surface area contributed by atoms with Gasteiger partial charge in [-0.25, -0.2) is 4.98 Å². The number of anilines is 1. The number of nitrogens with zero attached hydrogens (tertiary/aromatic N) is 1. The lowest BCUT2D eigenvalue weighted by molar-refractivity contribution is 0.571. The summed E-state index contributed by atoms with van der Waals surface area (Å²) >= 11 is 11.8. The molecule has 0 aliphatic heterocycles. The third kappa shape index (κ3) is 2.64. The first-order chi connectivity index (χ1) is 7.25. The van der Waals surface area contributed by atoms with E-state index < -0.39 is 0 Å². The summed E-state index contributed by atoms with van der Waals surface area (Å²) in [5, 5.41) is 4.25. The van der Waals surface area contributed by atoms with E-state index in [1.807, 2.05) is 6.07 Å². The predicted octanol–water partition coefficient (Wildman–Crippen LogP) is 3.59. The minimum Gasteiger partial charge on any atom is -0.432 e. The molecule has 78 valence electrons. The summed E-state index contributed by atoms with van der Waals surface area (Å²) in [6.07, 6.45) is 3.08. The third-order valence-corrected chi connectivity index (χ3v) is 2.46. The molecule has 0 fully saturated rings. The van der Waals surface area contributed by atoms with Gasteiger partial charge in [0.1, 0.15) is 6.26 Å². The van der Waals surface area contributed by atoms with Gasteiger partial charge in [0.25, 0.3) is 6.01 Å². The molecule has 1 heterocycles. The normalized spacial score (nSPS) is 10.3. The minimum absolute atomic E-state index is 0.473. The lowest BCUT2D eigenvalue weighted by Gasteiger charge is -2.04. The first-order valence-corrected chi connectivity index (χ1v) is 5.08. The summed E-state index contributed by atoms with van der Waals surface area (Å²) in [5.41, 5.74) is 0.944. The second-order valence-electron chi connectivity index (χ2n) is 2.93. The van der Waals surface area contributed by atoms with Crippen LogP contribution in [0.3, 0.4) is 0 Å². The van der Waals surface area contributed by atoms with Crippen molar-refractivity contribution in [2.75, 3.05) is 5.32 Å². The Bertz CT molecular complexity index is 443. The van der Waals surface area contributed by atoms with E-state index in [0.717, 1.165) is 5.56 Å². The van der Waals surface area contributed by atoms with E-state index >= 15 is 0 Å². The lowest BCUT2D eigenvalue weighted by Crippen LogP contribution is -1.99. The fourth-order valence-electron chi connectivity index (χ4n) is 1.15. The van der Waals surface area contributed by atoms with Crippen LogP contribution in [0.4, 0.5) is 6.01 Å². The fraction of sp³-hybridized carbons (Fsp3) is 0.100. The average molecular weight is 243 g/mol. The topological polar surface area (TPSA) is 38.1 Å². The first kappa shape index (κ1) is 10.3. The SMILES string of the molecule is Clc1ccc(CNc2ncco2)c(Cl)c1. The molecular formula is C10H8Cl2N2O. The zero-order valence-electron chi connectivity index (χ0n) is 7.71. The Labute approximate surface area is 97.0 Å². The summed E-state index contributed by atoms with van der Waals surface area (Å²) in [7, 11) is 0. The number of hydrogen-bond acceptors (Lipinski definition) is 3. The molecule has 1 N–H and O–H groups in total. The number of benzene rings is 1. The molecule has 3 nitrogen and oxygen atoms in total. The number of oxazole rings is 1. The largest absolute Gasteiger partial charge is 0.432 e. The molecule has 0 bridgehead atoms. The van der Waals surface area contributed by atoms with E-state index in [9.17, 15) is 0 Å². The molecule has 1 aromatic carbocycles. The smallest absolute Gasteiger partial charge is 0.294 e. The quantitative estimate of drug-likeness (QED) is 0.894. The second-order valence-corrected chi connectivity index (χ2v) is 3.77. The molecule has 0 saturated carbocycles. The van der Waals surface area contributed by atoms with Crippen LogP contribution in [0.25, 0.3) is 0 Å². The molecule has 0 unspecified atom stereocenters. The molecule has 0 aliphatic rings. The number of halogens is 2. The van der Waals surface area contributed by atoms with Crippen molar-refractivity contribution in [1.29, 1.82) is 0 Å². The van der Waals surface area contributed by atoms with Gasteiger partial charge in [-0.05, 0) is 17.7 Å². The molecule has 1 aromatic heterocycles. The van der Waals surface area contributed by atoms with Gasteiger partial charge in [-0.3, -0.25) is 0 Å². The van der Waals surface area contributed by atoms with Crippen molar-refractivity contribution in [3.05, 3.63) is 46.3 Å². The first-order valence-electron chi connectivity index (χ1n) is 4.33. The van der Waals surface area contributed by atoms with E-state index in [4.69, 9.17) is 27.6 Å². The van der Waals surface area contributed by atoms with E-state index in [1.54, 1.807) is 18.3 Å². The van der Waals surface area contributed by atoms with E-state index in [-0.39, 0.29) is 0 Å². The highest BCUT2D eigenvalue weighted by Gasteiger charge is 2.02. The van der Waals surface area contributed by atoms with Crippen molar-refractivity contribution in [2.45, 2.75) is 6.54 Å². The predicted molar refractivity (Wildman–Crippen MR) is 60.3 cm³/mol. The van der Waals surface area contributed by atoms with Crippen LogP contribution in [-0.2, 0) is 6.54 Å². The van der Waals surface area contributed by atoms with Crippen LogP contribution in [0.2, 0.25) is 10.0 Å². The van der Waals surface area contributed by atoms with Crippen LogP contribution >= 0.6 is 23.2 Å². The van der Waals surface area contributed by atoms with Crippen molar-refractivity contribution in [3.63, 3.8) is 0 Å². The maximum atomic E-state index is 5.99. The van der Waals surface area contributed by atoms with Crippen LogP contribution in [0, 0.1) is 0 Å². The Balaban J connectivity index is 2.05. The molecule has 0 spiro atoms. The lowest BCUT2D eigenvalue weighted by atomic mass is 10.2. The van der Waals surface area contributed by atoms with Gasteiger partial charge in [0.05, 0.1) is 6.20 Å². The molecule has 2 aromatic rings. The standard InChI is InChI=1S/C10H8Cl2N2O/c11-8-2-1-7(9(12)5-8)6-14-10-13-3-4-15-10/h1-5H,6H2,(H,13,14). The van der Waals surface area contributed by atoms with Gasteiger partial charge in [-0.1, -0.05) is 29.3 Å². The number of aromatic nitrogens is 1. The van der Waals surface area contributed by atoms with Crippen molar-refractivity contribution in [1.82, 2.24) is 4.98 Å². The van der Waals surface area contributed by atoms with Crippen LogP contribution in [0.1, 0.15) is 5.56 Å². The van der Waals surface area contributed by atoms with Gasteiger partial charge in [-0.2, -0.15) is 0 Å². The molecule has 2 rings (SSSR count). The average Bonchev–Trinajstić information content (AvgIpc) is 2.69. The van der Waals surface area contributed by atoms with Gasteiger partial charge >= 0.3 is 0 Å². The van der Waals surface area contributed by atoms with Gasteiger partial charge in [0.15, 0.2) is 0 Å². The zero-order valence-corrected chi connectivity index (χ0v) is 9.22. The fourth-order valence-corrected chi connectivity index (χ4v) is 1.62. The monoisotopic (exact) mass is 242 g/mol. The molecule has 15 heavy (non-hydrogen) atoms. The highest BCUT2D eigenvalue weighted by Crippen LogP contribution is 2.21. The summed E-state index contributed by atoms with van der Waals surface area (Å²) < 4.78 is 5.03. The number of rotatable bonds is 3. The maximum Gasteiger partial charge on any atom is 0.294 e. The van der Waals surface area contributed by atoms with E-state index in [2.05, 4.69) is 10.3 Å². The van der Waals surface area contributed by atoms with Crippen LogP contribution in [0.15, 0.2) is 35.1 Å². The Kier molecular flexibility index (Phi) is 3.14. The highest BCUT2D eigenvalue weighted by molar-refractivity contribution is 6.35. The maximum absolute atomic E-state index is 5.99. The van der Waals surface area contributed by atoms with Crippen molar-refractivity contribution < 1.29 is 4.42 Å². The van der Waals surface area contributed by atoms with Crippen LogP contribution < -0.4 is 5.32 Å². The molecule has 0 atom stereocenters. The van der Waals surface area contributed by atoms with Crippen molar-refractivity contribution in [3.8, 4) is 0 Å². The molecular weight excluding hydrogens is 235 g/mol. The molecule has 0 amide bonds. The molecule has 0 radical (unpaired) electrons. The van der Waals surface area contributed by atoms with Crippen molar-refractivity contribution in [2.24, 2.45) is 0 Å². The van der Waals surface area contributed by atoms with Gasteiger partial charge in [0.2, 0.25) is 0 Å². The Morgan fingerprint density at radius 3 is 2.87 bits per heavy atom. The molecule has 0 aliphatic carbocycles. The Morgan fingerprint density at radius 1 is 1.33 bits per heavy atom. The zero-order chi connectivity index (χ0) is 10.7.